The molecule has 140 valence electrons. The van der Waals surface area contributed by atoms with Crippen LogP contribution < -0.4 is 14.2 Å². The quantitative estimate of drug-likeness (QED) is 0.803. The fraction of sp³-hybridized carbons (Fsp3) is 0.471. The summed E-state index contributed by atoms with van der Waals surface area (Å²) in [6.07, 6.45) is 4.19. The van der Waals surface area contributed by atoms with Crippen LogP contribution in [0.4, 0.5) is 0 Å². The number of nitrogens with one attached hydrogen (secondary N) is 1. The molecular formula is C17H21N3O5S. The summed E-state index contributed by atoms with van der Waals surface area (Å²) in [5.74, 6) is 0.999. The molecule has 26 heavy (non-hydrogen) atoms. The Labute approximate surface area is 151 Å². The standard InChI is InChI=1S/C17H21N3O5S/c1-20-10-12(9-18-20)17(11-6-13(21)7-11)19-26(22,23)14-2-3-15-16(8-14)25-5-4-24-15/h2-3,8-11,13,17,19,21H,4-7H2,1H3/t11?,13?,17-/m1/s1. The SMILES string of the molecule is Cn1cc([C@H](NS(=O)(=O)c2ccc3c(c2)OCCO3)C2CC(O)C2)cn1. The number of aliphatic hydroxyl groups excluding tert-OH is 1. The van der Waals surface area contributed by atoms with Crippen molar-refractivity contribution in [3.8, 4) is 11.5 Å². The normalized spacial score (nSPS) is 23.3. The van der Waals surface area contributed by atoms with Gasteiger partial charge in [0.15, 0.2) is 11.5 Å². The molecule has 1 atom stereocenters. The number of sulfonamides is 1. The van der Waals surface area contributed by atoms with Gasteiger partial charge in [-0.25, -0.2) is 13.1 Å². The van der Waals surface area contributed by atoms with Crippen LogP contribution in [0.3, 0.4) is 0 Å². The van der Waals surface area contributed by atoms with Crippen LogP contribution in [0.15, 0.2) is 35.5 Å². The van der Waals surface area contributed by atoms with Gasteiger partial charge in [0.2, 0.25) is 10.0 Å². The Morgan fingerprint density at radius 3 is 2.65 bits per heavy atom. The lowest BCUT2D eigenvalue weighted by Gasteiger charge is -2.37. The van der Waals surface area contributed by atoms with Crippen molar-refractivity contribution in [2.45, 2.75) is 29.9 Å². The van der Waals surface area contributed by atoms with Crippen molar-refractivity contribution < 1.29 is 23.0 Å². The molecule has 1 aromatic heterocycles. The maximum Gasteiger partial charge on any atom is 0.241 e. The van der Waals surface area contributed by atoms with Crippen molar-refractivity contribution in [3.63, 3.8) is 0 Å². The van der Waals surface area contributed by atoms with Gasteiger partial charge in [-0.2, -0.15) is 5.10 Å². The largest absolute Gasteiger partial charge is 0.486 e. The fourth-order valence-electron chi connectivity index (χ4n) is 3.37. The van der Waals surface area contributed by atoms with Crippen LogP contribution in [0.1, 0.15) is 24.4 Å². The van der Waals surface area contributed by atoms with Crippen molar-refractivity contribution in [2.75, 3.05) is 13.2 Å². The molecule has 2 N–H and O–H groups in total. The second-order valence-corrected chi connectivity index (χ2v) is 8.45. The van der Waals surface area contributed by atoms with Gasteiger partial charge >= 0.3 is 0 Å². The molecule has 8 nitrogen and oxygen atoms in total. The molecule has 1 aromatic carbocycles. The average Bonchev–Trinajstić information content (AvgIpc) is 3.03. The van der Waals surface area contributed by atoms with E-state index in [9.17, 15) is 13.5 Å². The van der Waals surface area contributed by atoms with Crippen LogP contribution in [0.2, 0.25) is 0 Å². The molecule has 2 aliphatic rings. The first kappa shape index (κ1) is 17.3. The van der Waals surface area contributed by atoms with E-state index in [0.717, 1.165) is 5.56 Å². The summed E-state index contributed by atoms with van der Waals surface area (Å²) in [5, 5.41) is 13.8. The third-order valence-electron chi connectivity index (χ3n) is 4.81. The minimum absolute atomic E-state index is 0.0289. The Morgan fingerprint density at radius 2 is 2.00 bits per heavy atom. The topological polar surface area (TPSA) is 103 Å². The molecule has 2 aromatic rings. The number of aromatic nitrogens is 2. The average molecular weight is 379 g/mol. The van der Waals surface area contributed by atoms with Crippen molar-refractivity contribution >= 4 is 10.0 Å². The number of ether oxygens (including phenoxy) is 2. The van der Waals surface area contributed by atoms with Gasteiger partial charge in [0.05, 0.1) is 23.2 Å². The van der Waals surface area contributed by atoms with E-state index < -0.39 is 16.1 Å². The van der Waals surface area contributed by atoms with E-state index in [0.29, 0.717) is 37.6 Å². The van der Waals surface area contributed by atoms with Crippen LogP contribution >= 0.6 is 0 Å². The number of hydrogen-bond acceptors (Lipinski definition) is 6. The van der Waals surface area contributed by atoms with Gasteiger partial charge in [-0.3, -0.25) is 4.68 Å². The Balaban J connectivity index is 1.61. The van der Waals surface area contributed by atoms with Crippen LogP contribution in [-0.4, -0.2) is 42.6 Å². The van der Waals surface area contributed by atoms with Crippen molar-refractivity contribution in [1.82, 2.24) is 14.5 Å². The highest BCUT2D eigenvalue weighted by Gasteiger charge is 2.38. The second kappa shape index (κ2) is 6.57. The molecule has 1 saturated carbocycles. The van der Waals surface area contributed by atoms with Gasteiger partial charge in [0, 0.05) is 24.9 Å². The van der Waals surface area contributed by atoms with E-state index >= 15 is 0 Å². The maximum atomic E-state index is 12.9. The summed E-state index contributed by atoms with van der Waals surface area (Å²) in [5.41, 5.74) is 0.783. The van der Waals surface area contributed by atoms with E-state index in [4.69, 9.17) is 9.47 Å². The summed E-state index contributed by atoms with van der Waals surface area (Å²) in [6, 6.07) is 4.15. The summed E-state index contributed by atoms with van der Waals surface area (Å²) in [7, 11) is -1.99. The Morgan fingerprint density at radius 1 is 1.27 bits per heavy atom. The van der Waals surface area contributed by atoms with E-state index in [1.807, 2.05) is 0 Å². The first-order valence-electron chi connectivity index (χ1n) is 8.51. The molecule has 1 fully saturated rings. The van der Waals surface area contributed by atoms with Gasteiger partial charge in [-0.1, -0.05) is 0 Å². The molecule has 0 unspecified atom stereocenters. The lowest BCUT2D eigenvalue weighted by Crippen LogP contribution is -2.41. The first-order chi connectivity index (χ1) is 12.4. The number of rotatable bonds is 5. The van der Waals surface area contributed by atoms with Gasteiger partial charge in [-0.15, -0.1) is 0 Å². The molecule has 1 aliphatic carbocycles. The van der Waals surface area contributed by atoms with E-state index in [1.54, 1.807) is 30.2 Å². The van der Waals surface area contributed by atoms with Crippen LogP contribution in [0.25, 0.3) is 0 Å². The lowest BCUT2D eigenvalue weighted by atomic mass is 9.76. The molecular weight excluding hydrogens is 358 g/mol. The van der Waals surface area contributed by atoms with Crippen LogP contribution in [0.5, 0.6) is 11.5 Å². The Kier molecular flexibility index (Phi) is 4.37. The van der Waals surface area contributed by atoms with Crippen LogP contribution in [0, 0.1) is 5.92 Å². The third-order valence-corrected chi connectivity index (χ3v) is 6.25. The number of benzene rings is 1. The first-order valence-corrected chi connectivity index (χ1v) is 9.99. The zero-order valence-electron chi connectivity index (χ0n) is 14.3. The highest BCUT2D eigenvalue weighted by atomic mass is 32.2. The smallest absolute Gasteiger partial charge is 0.241 e. The van der Waals surface area contributed by atoms with Gasteiger partial charge in [0.25, 0.3) is 0 Å². The minimum Gasteiger partial charge on any atom is -0.486 e. The van der Waals surface area contributed by atoms with E-state index in [-0.39, 0.29) is 16.9 Å². The van der Waals surface area contributed by atoms with E-state index in [1.165, 1.54) is 12.1 Å². The lowest BCUT2D eigenvalue weighted by molar-refractivity contribution is 0.0280. The number of hydrogen-bond donors (Lipinski definition) is 2. The van der Waals surface area contributed by atoms with Crippen LogP contribution in [-0.2, 0) is 17.1 Å². The van der Waals surface area contributed by atoms with Gasteiger partial charge < -0.3 is 14.6 Å². The number of aliphatic hydroxyl groups is 1. The summed E-state index contributed by atoms with van der Waals surface area (Å²) < 4.78 is 41.2. The summed E-state index contributed by atoms with van der Waals surface area (Å²) in [4.78, 5) is 0.121. The zero-order valence-corrected chi connectivity index (χ0v) is 15.1. The van der Waals surface area contributed by atoms with E-state index in [2.05, 4.69) is 9.82 Å². The number of nitrogens with zero attached hydrogens (tertiary/aromatic N) is 2. The zero-order chi connectivity index (χ0) is 18.3. The fourth-order valence-corrected chi connectivity index (χ4v) is 4.67. The summed E-state index contributed by atoms with van der Waals surface area (Å²) >= 11 is 0. The second-order valence-electron chi connectivity index (χ2n) is 6.74. The Hall–Kier alpha value is -2.10. The summed E-state index contributed by atoms with van der Waals surface area (Å²) in [6.45, 7) is 0.840. The third kappa shape index (κ3) is 3.29. The molecule has 0 bridgehead atoms. The monoisotopic (exact) mass is 379 g/mol. The molecule has 0 spiro atoms. The molecule has 0 saturated heterocycles. The number of fused-ring (bicyclic) bond motifs is 1. The molecule has 0 amide bonds. The molecule has 2 heterocycles. The maximum absolute atomic E-state index is 12.9. The van der Waals surface area contributed by atoms with Crippen molar-refractivity contribution in [1.29, 1.82) is 0 Å². The van der Waals surface area contributed by atoms with Gasteiger partial charge in [0.1, 0.15) is 13.2 Å². The van der Waals surface area contributed by atoms with Gasteiger partial charge in [-0.05, 0) is 30.9 Å². The highest BCUT2D eigenvalue weighted by molar-refractivity contribution is 7.89. The predicted molar refractivity (Wildman–Crippen MR) is 92.4 cm³/mol. The molecule has 1 aliphatic heterocycles. The molecule has 9 heteroatoms. The highest BCUT2D eigenvalue weighted by Crippen LogP contribution is 2.39. The Bertz CT molecular complexity index is 905. The number of aryl methyl sites for hydroxylation is 1. The predicted octanol–water partition coefficient (Wildman–Crippen LogP) is 0.982. The minimum atomic E-state index is -3.77. The van der Waals surface area contributed by atoms with Crippen molar-refractivity contribution in [3.05, 3.63) is 36.2 Å². The van der Waals surface area contributed by atoms with Crippen molar-refractivity contribution in [2.24, 2.45) is 13.0 Å². The molecule has 4 rings (SSSR count). The molecule has 0 radical (unpaired) electrons.